The van der Waals surface area contributed by atoms with Crippen LogP contribution in [0.4, 0.5) is 4.79 Å². The summed E-state index contributed by atoms with van der Waals surface area (Å²) < 4.78 is 4.86. The normalized spacial score (nSPS) is 17.3. The number of hydrogen-bond donors (Lipinski definition) is 1. The highest BCUT2D eigenvalue weighted by Gasteiger charge is 2.35. The third-order valence-electron chi connectivity index (χ3n) is 3.97. The van der Waals surface area contributed by atoms with Gasteiger partial charge >= 0.3 is 12.0 Å². The predicted octanol–water partition coefficient (Wildman–Crippen LogP) is 1.38. The molecule has 0 saturated carbocycles. The van der Waals surface area contributed by atoms with Crippen LogP contribution in [0.2, 0.25) is 5.02 Å². The molecule has 2 rings (SSSR count). The molecule has 0 saturated heterocycles. The lowest BCUT2D eigenvalue weighted by molar-refractivity contribution is -0.305. The van der Waals surface area contributed by atoms with Crippen LogP contribution in [0.1, 0.15) is 31.4 Å². The van der Waals surface area contributed by atoms with Gasteiger partial charge in [0, 0.05) is 23.2 Å². The van der Waals surface area contributed by atoms with E-state index >= 15 is 0 Å². The molecule has 1 aromatic carbocycles. The summed E-state index contributed by atoms with van der Waals surface area (Å²) in [5.74, 6) is -1.76. The smallest absolute Gasteiger partial charge is 0.337 e. The summed E-state index contributed by atoms with van der Waals surface area (Å²) in [7, 11) is 1.26. The van der Waals surface area contributed by atoms with Crippen molar-refractivity contribution < 1.29 is 24.2 Å². The summed E-state index contributed by atoms with van der Waals surface area (Å²) in [5.41, 5.74) is 1.40. The van der Waals surface area contributed by atoms with Crippen molar-refractivity contribution in [2.45, 2.75) is 25.8 Å². The quantitative estimate of drug-likeness (QED) is 0.768. The molecule has 0 unspecified atom stereocenters. The minimum absolute atomic E-state index is 0.152. The molecule has 1 N–H and O–H groups in total. The number of rotatable bonds is 6. The highest BCUT2D eigenvalue weighted by Crippen LogP contribution is 2.31. The number of allylic oxidation sites excluding steroid dienone is 1. The van der Waals surface area contributed by atoms with Gasteiger partial charge in [-0.05, 0) is 37.5 Å². The van der Waals surface area contributed by atoms with Crippen LogP contribution in [-0.4, -0.2) is 36.5 Å². The Morgan fingerprint density at radius 1 is 1.32 bits per heavy atom. The number of ether oxygens (including phenoxy) is 1. The summed E-state index contributed by atoms with van der Waals surface area (Å²) in [6.07, 6.45) is 0.0401. The first-order chi connectivity index (χ1) is 11.8. The molecule has 1 atom stereocenters. The number of halogens is 1. The third kappa shape index (κ3) is 4.30. The first-order valence-corrected chi connectivity index (χ1v) is 8.05. The Balaban J connectivity index is 2.37. The predicted molar refractivity (Wildman–Crippen MR) is 88.4 cm³/mol. The van der Waals surface area contributed by atoms with E-state index in [0.717, 1.165) is 0 Å². The van der Waals surface area contributed by atoms with Gasteiger partial charge < -0.3 is 20.0 Å². The molecule has 25 heavy (non-hydrogen) atoms. The van der Waals surface area contributed by atoms with Crippen molar-refractivity contribution in [1.82, 2.24) is 10.2 Å². The fraction of sp³-hybridized carbons (Fsp3) is 0.353. The number of aliphatic carboxylic acids is 1. The molecule has 1 heterocycles. The molecule has 0 radical (unpaired) electrons. The minimum Gasteiger partial charge on any atom is -0.550 e. The van der Waals surface area contributed by atoms with Crippen LogP contribution >= 0.6 is 11.6 Å². The second kappa shape index (κ2) is 8.02. The maximum absolute atomic E-state index is 12.4. The van der Waals surface area contributed by atoms with Gasteiger partial charge in [0.25, 0.3) is 0 Å². The van der Waals surface area contributed by atoms with E-state index in [4.69, 9.17) is 16.3 Å². The number of methoxy groups -OCH3 is 1. The average molecular weight is 366 g/mol. The largest absolute Gasteiger partial charge is 0.550 e. The zero-order chi connectivity index (χ0) is 18.6. The van der Waals surface area contributed by atoms with Crippen LogP contribution in [0, 0.1) is 0 Å². The van der Waals surface area contributed by atoms with Crippen molar-refractivity contribution in [3.8, 4) is 0 Å². The number of carbonyl (C=O) groups excluding carboxylic acids is 3. The lowest BCUT2D eigenvalue weighted by atomic mass is 9.95. The molecule has 8 heteroatoms. The van der Waals surface area contributed by atoms with Crippen LogP contribution in [0.5, 0.6) is 0 Å². The maximum atomic E-state index is 12.4. The fourth-order valence-corrected chi connectivity index (χ4v) is 2.84. The monoisotopic (exact) mass is 365 g/mol. The number of nitrogens with one attached hydrogen (secondary N) is 1. The molecule has 0 bridgehead atoms. The van der Waals surface area contributed by atoms with E-state index in [1.54, 1.807) is 31.2 Å². The topological polar surface area (TPSA) is 98.8 Å². The summed E-state index contributed by atoms with van der Waals surface area (Å²) in [4.78, 5) is 36.6. The van der Waals surface area contributed by atoms with Crippen LogP contribution in [0.3, 0.4) is 0 Å². The van der Waals surface area contributed by atoms with Gasteiger partial charge in [-0.2, -0.15) is 0 Å². The van der Waals surface area contributed by atoms with Gasteiger partial charge in [0.1, 0.15) is 0 Å². The lowest BCUT2D eigenvalue weighted by Gasteiger charge is -2.35. The van der Waals surface area contributed by atoms with Crippen molar-refractivity contribution in [3.63, 3.8) is 0 Å². The molecular weight excluding hydrogens is 348 g/mol. The fourth-order valence-electron chi connectivity index (χ4n) is 2.71. The zero-order valence-electron chi connectivity index (χ0n) is 13.9. The SMILES string of the molecule is COC(=O)C1=C(C)N(CCCC(=O)[O-])C(=O)N[C@H]1c1ccc(Cl)cc1. The van der Waals surface area contributed by atoms with Crippen molar-refractivity contribution in [1.29, 1.82) is 0 Å². The highest BCUT2D eigenvalue weighted by atomic mass is 35.5. The Hall–Kier alpha value is -2.54. The Bertz CT molecular complexity index is 714. The summed E-state index contributed by atoms with van der Waals surface area (Å²) in [6.45, 7) is 1.78. The number of hydrogen-bond acceptors (Lipinski definition) is 5. The van der Waals surface area contributed by atoms with Crippen molar-refractivity contribution in [3.05, 3.63) is 46.1 Å². The third-order valence-corrected chi connectivity index (χ3v) is 4.22. The molecule has 2 amide bonds. The number of carboxylic acids is 1. The second-order valence-electron chi connectivity index (χ2n) is 5.55. The molecule has 1 aromatic rings. The van der Waals surface area contributed by atoms with Gasteiger partial charge in [0.15, 0.2) is 0 Å². The van der Waals surface area contributed by atoms with Crippen molar-refractivity contribution in [2.75, 3.05) is 13.7 Å². The molecule has 0 spiro atoms. The number of carboxylic acid groups (broad SMARTS) is 1. The number of carbonyl (C=O) groups is 3. The molecule has 1 aliphatic rings. The first kappa shape index (κ1) is 18.8. The molecule has 1 aliphatic heterocycles. The van der Waals surface area contributed by atoms with E-state index in [9.17, 15) is 19.5 Å². The van der Waals surface area contributed by atoms with E-state index in [0.29, 0.717) is 16.3 Å². The average Bonchev–Trinajstić information content (AvgIpc) is 2.57. The minimum atomic E-state index is -1.19. The number of urea groups is 1. The molecular formula is C17H18ClN2O5-. The van der Waals surface area contributed by atoms with Gasteiger partial charge in [-0.25, -0.2) is 9.59 Å². The summed E-state index contributed by atoms with van der Waals surface area (Å²) in [5, 5.41) is 13.9. The van der Waals surface area contributed by atoms with Crippen LogP contribution in [-0.2, 0) is 14.3 Å². The number of nitrogens with zero attached hydrogens (tertiary/aromatic N) is 1. The number of benzene rings is 1. The Kier molecular flexibility index (Phi) is 6.03. The van der Waals surface area contributed by atoms with Gasteiger partial charge in [0.05, 0.1) is 18.7 Å². The van der Waals surface area contributed by atoms with Gasteiger partial charge in [0.2, 0.25) is 0 Å². The van der Waals surface area contributed by atoms with Crippen molar-refractivity contribution >= 4 is 29.6 Å². The molecule has 0 aromatic heterocycles. The van der Waals surface area contributed by atoms with E-state index in [1.807, 2.05) is 0 Å². The summed E-state index contributed by atoms with van der Waals surface area (Å²) >= 11 is 5.89. The molecule has 134 valence electrons. The highest BCUT2D eigenvalue weighted by molar-refractivity contribution is 6.30. The second-order valence-corrected chi connectivity index (χ2v) is 5.99. The van der Waals surface area contributed by atoms with Crippen LogP contribution in [0.25, 0.3) is 0 Å². The van der Waals surface area contributed by atoms with E-state index in [-0.39, 0.29) is 25.0 Å². The Morgan fingerprint density at radius 2 is 1.96 bits per heavy atom. The summed E-state index contributed by atoms with van der Waals surface area (Å²) in [6, 6.07) is 5.68. The first-order valence-electron chi connectivity index (χ1n) is 7.67. The van der Waals surface area contributed by atoms with Crippen LogP contribution < -0.4 is 10.4 Å². The van der Waals surface area contributed by atoms with E-state index < -0.39 is 24.0 Å². The van der Waals surface area contributed by atoms with Crippen molar-refractivity contribution in [2.24, 2.45) is 0 Å². The lowest BCUT2D eigenvalue weighted by Crippen LogP contribution is -2.48. The Labute approximate surface area is 150 Å². The molecule has 0 aliphatic carbocycles. The van der Waals surface area contributed by atoms with Gasteiger partial charge in [-0.15, -0.1) is 0 Å². The van der Waals surface area contributed by atoms with Crippen LogP contribution in [0.15, 0.2) is 35.5 Å². The standard InChI is InChI=1S/C17H19ClN2O5/c1-10-14(16(23)25-2)15(11-5-7-12(18)8-6-11)19-17(24)20(10)9-3-4-13(21)22/h5-8,15H,3-4,9H2,1-2H3,(H,19,24)(H,21,22)/p-1/t15-/m0/s1. The Morgan fingerprint density at radius 3 is 2.52 bits per heavy atom. The molecule has 7 nitrogen and oxygen atoms in total. The zero-order valence-corrected chi connectivity index (χ0v) is 14.6. The van der Waals surface area contributed by atoms with Gasteiger partial charge in [-0.1, -0.05) is 23.7 Å². The maximum Gasteiger partial charge on any atom is 0.337 e. The number of esters is 1. The van der Waals surface area contributed by atoms with E-state index in [2.05, 4.69) is 5.32 Å². The van der Waals surface area contributed by atoms with E-state index in [1.165, 1.54) is 12.0 Å². The van der Waals surface area contributed by atoms with Gasteiger partial charge in [-0.3, -0.25) is 4.90 Å². The molecule has 0 fully saturated rings. The number of amides is 2.